The molecule has 1 aromatic heterocycles. The summed E-state index contributed by atoms with van der Waals surface area (Å²) in [6.07, 6.45) is 1.75. The number of benzene rings is 1. The van der Waals surface area contributed by atoms with Crippen molar-refractivity contribution >= 4 is 34.2 Å². The summed E-state index contributed by atoms with van der Waals surface area (Å²) in [7, 11) is 0. The Kier molecular flexibility index (Phi) is 7.79. The molecule has 1 heterocycles. The van der Waals surface area contributed by atoms with Crippen molar-refractivity contribution in [2.75, 3.05) is 5.32 Å². The first kappa shape index (κ1) is 20.1. The molecule has 2 rings (SSSR count). The Morgan fingerprint density at radius 3 is 2.36 bits per heavy atom. The fourth-order valence-corrected chi connectivity index (χ4v) is 2.69. The van der Waals surface area contributed by atoms with Crippen LogP contribution in [0.1, 0.15) is 26.4 Å². The van der Waals surface area contributed by atoms with Gasteiger partial charge in [0.1, 0.15) is 5.00 Å². The van der Waals surface area contributed by atoms with Gasteiger partial charge in [-0.3, -0.25) is 4.79 Å². The molecule has 108 valence electrons. The molecule has 22 heavy (non-hydrogen) atoms. The first-order chi connectivity index (χ1) is 9.56. The van der Waals surface area contributed by atoms with E-state index in [1.807, 2.05) is 13.8 Å². The van der Waals surface area contributed by atoms with Crippen molar-refractivity contribution in [3.05, 3.63) is 57.3 Å². The minimum absolute atomic E-state index is 0. The van der Waals surface area contributed by atoms with E-state index in [-0.39, 0.29) is 30.2 Å². The van der Waals surface area contributed by atoms with Crippen LogP contribution in [0.15, 0.2) is 24.3 Å². The number of hydrogen-bond donors (Lipinski definition) is 1. The second kappa shape index (κ2) is 8.53. The van der Waals surface area contributed by atoms with Gasteiger partial charge in [-0.25, -0.2) is 4.85 Å². The van der Waals surface area contributed by atoms with Gasteiger partial charge in [0.2, 0.25) is 5.69 Å². The second-order valence-corrected chi connectivity index (χ2v) is 5.43. The molecule has 1 aromatic carbocycles. The Morgan fingerprint density at radius 2 is 1.86 bits per heavy atom. The van der Waals surface area contributed by atoms with E-state index in [9.17, 15) is 9.59 Å². The van der Waals surface area contributed by atoms with Crippen molar-refractivity contribution in [1.82, 2.24) is 0 Å². The first-order valence-electron chi connectivity index (χ1n) is 5.84. The molecule has 0 saturated heterocycles. The molecule has 5 nitrogen and oxygen atoms in total. The van der Waals surface area contributed by atoms with Gasteiger partial charge in [-0.05, 0) is 24.3 Å². The van der Waals surface area contributed by atoms with Gasteiger partial charge in [0.15, 0.2) is 0 Å². The summed E-state index contributed by atoms with van der Waals surface area (Å²) in [6, 6.07) is 6.17. The Bertz CT molecular complexity index is 718. The number of nitrogens with one attached hydrogen (secondary N) is 1. The van der Waals surface area contributed by atoms with E-state index in [2.05, 4.69) is 10.2 Å². The minimum Gasteiger partial charge on any atom is -0.870 e. The van der Waals surface area contributed by atoms with Crippen LogP contribution in [-0.2, 0) is 4.79 Å². The number of hydrogen-bond acceptors (Lipinski definition) is 4. The third kappa shape index (κ3) is 4.06. The first-order valence-corrected chi connectivity index (χ1v) is 6.65. The molecule has 0 atom stereocenters. The Morgan fingerprint density at radius 1 is 1.27 bits per heavy atom. The van der Waals surface area contributed by atoms with Gasteiger partial charge in [0.05, 0.1) is 12.9 Å². The molecule has 0 unspecified atom stereocenters. The predicted octanol–water partition coefficient (Wildman–Crippen LogP) is 0.453. The fraction of sp³-hybridized carbons (Fsp3) is 0.133. The number of thiophene rings is 1. The maximum atomic E-state index is 12.1. The molecule has 0 radical (unpaired) electrons. The van der Waals surface area contributed by atoms with Gasteiger partial charge < -0.3 is 15.6 Å². The van der Waals surface area contributed by atoms with Gasteiger partial charge in [0, 0.05) is 5.56 Å². The third-order valence-corrected chi connectivity index (χ3v) is 4.07. The van der Waals surface area contributed by atoms with Crippen LogP contribution >= 0.6 is 11.3 Å². The van der Waals surface area contributed by atoms with E-state index >= 15 is 0 Å². The Labute approximate surface area is 144 Å². The van der Waals surface area contributed by atoms with Crippen molar-refractivity contribution in [2.45, 2.75) is 13.8 Å². The SMILES string of the molecule is [C-]#[N+]c1c(NC(=O)c2ccc([C-]=O)cc2)sc(C)c1C.[Li+].[OH-]. The van der Waals surface area contributed by atoms with E-state index in [0.717, 1.165) is 10.4 Å². The van der Waals surface area contributed by atoms with Crippen LogP contribution in [0.4, 0.5) is 10.7 Å². The molecule has 1 amide bonds. The van der Waals surface area contributed by atoms with Gasteiger partial charge in [-0.15, -0.1) is 23.5 Å². The molecule has 0 aliphatic carbocycles. The average Bonchev–Trinajstić information content (AvgIpc) is 2.73. The molecule has 2 N–H and O–H groups in total. The summed E-state index contributed by atoms with van der Waals surface area (Å²) in [4.78, 5) is 27.0. The normalized spacial score (nSPS) is 8.95. The molecule has 2 aromatic rings. The zero-order valence-electron chi connectivity index (χ0n) is 12.4. The quantitative estimate of drug-likeness (QED) is 0.660. The standard InChI is InChI=1S/C15H11N2O2S.Li.H2O/c1-9-10(2)20-15(13(9)16-3)17-14(19)12-6-4-11(8-18)5-7-12;;/h4-7H,1-2H3,(H,17,19);;1H2/q-1;+1;/p-1. The van der Waals surface area contributed by atoms with Gasteiger partial charge >= 0.3 is 18.9 Å². The van der Waals surface area contributed by atoms with Crippen LogP contribution in [0.25, 0.3) is 4.85 Å². The van der Waals surface area contributed by atoms with E-state index in [0.29, 0.717) is 21.8 Å². The van der Waals surface area contributed by atoms with Crippen LogP contribution in [-0.4, -0.2) is 17.7 Å². The van der Waals surface area contributed by atoms with Crippen molar-refractivity contribution < 1.29 is 33.9 Å². The summed E-state index contributed by atoms with van der Waals surface area (Å²) in [6.45, 7) is 11.0. The Balaban J connectivity index is 0.00000220. The summed E-state index contributed by atoms with van der Waals surface area (Å²) < 4.78 is 0. The molecular weight excluding hydrogens is 295 g/mol. The zero-order valence-corrected chi connectivity index (χ0v) is 13.2. The predicted molar refractivity (Wildman–Crippen MR) is 81.2 cm³/mol. The summed E-state index contributed by atoms with van der Waals surface area (Å²) in [5.74, 6) is -0.298. The van der Waals surface area contributed by atoms with Crippen molar-refractivity contribution in [3.63, 3.8) is 0 Å². The van der Waals surface area contributed by atoms with Crippen molar-refractivity contribution in [3.8, 4) is 0 Å². The molecule has 0 spiro atoms. The molecule has 0 aliphatic heterocycles. The van der Waals surface area contributed by atoms with Gasteiger partial charge in [-0.2, -0.15) is 17.7 Å². The Hall–Kier alpha value is -1.89. The van der Waals surface area contributed by atoms with Crippen molar-refractivity contribution in [2.24, 2.45) is 0 Å². The number of amides is 1. The number of rotatable bonds is 3. The van der Waals surface area contributed by atoms with E-state index in [4.69, 9.17) is 6.57 Å². The van der Waals surface area contributed by atoms with E-state index < -0.39 is 0 Å². The summed E-state index contributed by atoms with van der Waals surface area (Å²) in [5.41, 5.74) is 2.21. The fourth-order valence-electron chi connectivity index (χ4n) is 1.70. The third-order valence-electron chi connectivity index (χ3n) is 2.96. The molecule has 0 saturated carbocycles. The largest absolute Gasteiger partial charge is 1.00 e. The van der Waals surface area contributed by atoms with E-state index in [1.165, 1.54) is 23.5 Å². The second-order valence-electron chi connectivity index (χ2n) is 4.21. The monoisotopic (exact) mass is 307 g/mol. The maximum Gasteiger partial charge on any atom is 1.00 e. The summed E-state index contributed by atoms with van der Waals surface area (Å²) >= 11 is 1.39. The molecule has 0 bridgehead atoms. The van der Waals surface area contributed by atoms with Crippen molar-refractivity contribution in [1.29, 1.82) is 0 Å². The number of nitrogens with zero attached hydrogens (tertiary/aromatic N) is 1. The molecule has 7 heteroatoms. The maximum absolute atomic E-state index is 12.1. The van der Waals surface area contributed by atoms with Crippen LogP contribution in [0.2, 0.25) is 0 Å². The topological polar surface area (TPSA) is 80.5 Å². The number of carbonyl (C=O) groups excluding carboxylic acids is 2. The van der Waals surface area contributed by atoms with Crippen LogP contribution in [0.3, 0.4) is 0 Å². The molecule has 0 fully saturated rings. The van der Waals surface area contributed by atoms with Crippen LogP contribution < -0.4 is 24.2 Å². The summed E-state index contributed by atoms with van der Waals surface area (Å²) in [5, 5.41) is 3.31. The smallest absolute Gasteiger partial charge is 0.870 e. The minimum atomic E-state index is -0.298. The number of anilines is 1. The van der Waals surface area contributed by atoms with E-state index in [1.54, 1.807) is 18.4 Å². The molecular formula is C15H12LiN2O3S-. The van der Waals surface area contributed by atoms with Crippen LogP contribution in [0.5, 0.6) is 0 Å². The van der Waals surface area contributed by atoms with Gasteiger partial charge in [0.25, 0.3) is 5.91 Å². The zero-order chi connectivity index (χ0) is 14.7. The van der Waals surface area contributed by atoms with Gasteiger partial charge in [-0.1, -0.05) is 0 Å². The number of carbonyl (C=O) groups is 1. The average molecular weight is 307 g/mol. The molecule has 0 aliphatic rings. The number of aryl methyl sites for hydroxylation is 1. The van der Waals surface area contributed by atoms with Crippen LogP contribution in [0, 0.1) is 20.4 Å².